The van der Waals surface area contributed by atoms with Gasteiger partial charge >= 0.3 is 0 Å². The lowest BCUT2D eigenvalue weighted by Gasteiger charge is -2.34. The molecule has 1 fully saturated rings. The van der Waals surface area contributed by atoms with Crippen LogP contribution in [0.4, 0.5) is 4.39 Å². The third-order valence-corrected chi connectivity index (χ3v) is 3.79. The zero-order valence-corrected chi connectivity index (χ0v) is 11.3. The van der Waals surface area contributed by atoms with Gasteiger partial charge in [-0.25, -0.2) is 4.39 Å². The standard InChI is InChI=1S/C13H16Cl2FN/c1-17(7-9-4-12(15)5-9)8-10-2-3-11(14)6-13(10)16/h2-3,6,9,12H,4-5,7-8H2,1H3. The van der Waals surface area contributed by atoms with Crippen LogP contribution in [0.15, 0.2) is 18.2 Å². The third kappa shape index (κ3) is 3.57. The van der Waals surface area contributed by atoms with E-state index in [0.717, 1.165) is 19.4 Å². The quantitative estimate of drug-likeness (QED) is 0.753. The highest BCUT2D eigenvalue weighted by atomic mass is 35.5. The second kappa shape index (κ2) is 5.55. The Kier molecular flexibility index (Phi) is 4.29. The van der Waals surface area contributed by atoms with Gasteiger partial charge in [0, 0.05) is 29.1 Å². The van der Waals surface area contributed by atoms with Gasteiger partial charge < -0.3 is 4.90 Å². The summed E-state index contributed by atoms with van der Waals surface area (Å²) in [7, 11) is 2.01. The first-order valence-electron chi connectivity index (χ1n) is 5.81. The summed E-state index contributed by atoms with van der Waals surface area (Å²) in [5.41, 5.74) is 0.693. The second-order valence-corrected chi connectivity index (χ2v) is 5.92. The molecule has 0 bridgehead atoms. The number of nitrogens with zero attached hydrogens (tertiary/aromatic N) is 1. The summed E-state index contributed by atoms with van der Waals surface area (Å²) < 4.78 is 13.6. The molecule has 0 saturated heterocycles. The first-order chi connectivity index (χ1) is 8.04. The van der Waals surface area contributed by atoms with Crippen molar-refractivity contribution in [3.05, 3.63) is 34.6 Å². The summed E-state index contributed by atoms with van der Waals surface area (Å²) in [5.74, 6) is 0.436. The molecule has 0 radical (unpaired) electrons. The molecule has 0 aromatic heterocycles. The summed E-state index contributed by atoms with van der Waals surface area (Å²) in [5, 5.41) is 0.790. The molecule has 94 valence electrons. The number of hydrogen-bond acceptors (Lipinski definition) is 1. The first-order valence-corrected chi connectivity index (χ1v) is 6.62. The zero-order valence-electron chi connectivity index (χ0n) is 9.80. The third-order valence-electron chi connectivity index (χ3n) is 3.20. The van der Waals surface area contributed by atoms with Gasteiger partial charge in [0.1, 0.15) is 5.82 Å². The van der Waals surface area contributed by atoms with E-state index in [2.05, 4.69) is 4.90 Å². The van der Waals surface area contributed by atoms with Crippen molar-refractivity contribution in [2.24, 2.45) is 5.92 Å². The van der Waals surface area contributed by atoms with Crippen molar-refractivity contribution in [3.8, 4) is 0 Å². The number of benzene rings is 1. The lowest BCUT2D eigenvalue weighted by molar-refractivity contribution is 0.202. The summed E-state index contributed by atoms with van der Waals surface area (Å²) in [4.78, 5) is 2.14. The van der Waals surface area contributed by atoms with Crippen LogP contribution in [0.1, 0.15) is 18.4 Å². The van der Waals surface area contributed by atoms with Crippen LogP contribution in [0.2, 0.25) is 5.02 Å². The number of halogens is 3. The molecular weight excluding hydrogens is 260 g/mol. The van der Waals surface area contributed by atoms with E-state index < -0.39 is 0 Å². The highest BCUT2D eigenvalue weighted by Gasteiger charge is 2.27. The van der Waals surface area contributed by atoms with E-state index in [1.807, 2.05) is 7.05 Å². The predicted molar refractivity (Wildman–Crippen MR) is 70.1 cm³/mol. The highest BCUT2D eigenvalue weighted by molar-refractivity contribution is 6.30. The molecule has 0 N–H and O–H groups in total. The van der Waals surface area contributed by atoms with Gasteiger partial charge in [0.15, 0.2) is 0 Å². The zero-order chi connectivity index (χ0) is 12.4. The second-order valence-electron chi connectivity index (χ2n) is 4.87. The molecule has 0 heterocycles. The molecule has 1 aromatic carbocycles. The maximum absolute atomic E-state index is 13.6. The van der Waals surface area contributed by atoms with E-state index in [4.69, 9.17) is 23.2 Å². The Morgan fingerprint density at radius 2 is 2.12 bits per heavy atom. The van der Waals surface area contributed by atoms with E-state index in [0.29, 0.717) is 28.4 Å². The number of rotatable bonds is 4. The van der Waals surface area contributed by atoms with Gasteiger partial charge in [-0.1, -0.05) is 17.7 Å². The Morgan fingerprint density at radius 1 is 1.41 bits per heavy atom. The monoisotopic (exact) mass is 275 g/mol. The van der Waals surface area contributed by atoms with Crippen LogP contribution in [-0.4, -0.2) is 23.9 Å². The molecule has 0 amide bonds. The Morgan fingerprint density at radius 3 is 2.71 bits per heavy atom. The minimum atomic E-state index is -0.229. The SMILES string of the molecule is CN(Cc1ccc(Cl)cc1F)CC1CC(Cl)C1. The molecule has 1 aromatic rings. The van der Waals surface area contributed by atoms with Gasteiger partial charge in [0.05, 0.1) is 0 Å². The highest BCUT2D eigenvalue weighted by Crippen LogP contribution is 2.32. The summed E-state index contributed by atoms with van der Waals surface area (Å²) in [6, 6.07) is 4.84. The van der Waals surface area contributed by atoms with Crippen molar-refractivity contribution in [2.45, 2.75) is 24.8 Å². The van der Waals surface area contributed by atoms with Gasteiger partial charge in [-0.05, 0) is 37.9 Å². The van der Waals surface area contributed by atoms with E-state index >= 15 is 0 Å². The molecule has 4 heteroatoms. The number of alkyl halides is 1. The van der Waals surface area contributed by atoms with Gasteiger partial charge in [-0.3, -0.25) is 0 Å². The van der Waals surface area contributed by atoms with Crippen LogP contribution in [0, 0.1) is 11.7 Å². The molecule has 1 nitrogen and oxygen atoms in total. The Bertz CT molecular complexity index is 391. The normalized spacial score (nSPS) is 23.8. The minimum Gasteiger partial charge on any atom is -0.302 e. The van der Waals surface area contributed by atoms with Crippen molar-refractivity contribution < 1.29 is 4.39 Å². The average molecular weight is 276 g/mol. The molecule has 1 aliphatic rings. The van der Waals surface area contributed by atoms with Crippen molar-refractivity contribution in [1.29, 1.82) is 0 Å². The van der Waals surface area contributed by atoms with Crippen LogP contribution in [0.25, 0.3) is 0 Å². The Balaban J connectivity index is 1.87. The van der Waals surface area contributed by atoms with Gasteiger partial charge in [-0.2, -0.15) is 0 Å². The maximum Gasteiger partial charge on any atom is 0.129 e. The van der Waals surface area contributed by atoms with E-state index in [9.17, 15) is 4.39 Å². The van der Waals surface area contributed by atoms with Crippen LogP contribution < -0.4 is 0 Å². The van der Waals surface area contributed by atoms with E-state index in [1.165, 1.54) is 6.07 Å². The minimum absolute atomic E-state index is 0.229. The van der Waals surface area contributed by atoms with Crippen LogP contribution in [-0.2, 0) is 6.54 Å². The van der Waals surface area contributed by atoms with Crippen LogP contribution in [0.3, 0.4) is 0 Å². The molecule has 0 aliphatic heterocycles. The van der Waals surface area contributed by atoms with E-state index in [-0.39, 0.29) is 5.82 Å². The lowest BCUT2D eigenvalue weighted by atomic mass is 9.84. The summed E-state index contributed by atoms with van der Waals surface area (Å²) >= 11 is 11.7. The summed E-state index contributed by atoms with van der Waals surface area (Å²) in [6.45, 7) is 1.59. The molecule has 1 aliphatic carbocycles. The Labute approximate surface area is 112 Å². The summed E-state index contributed by atoms with van der Waals surface area (Å²) in [6.07, 6.45) is 2.16. The largest absolute Gasteiger partial charge is 0.302 e. The lowest BCUT2D eigenvalue weighted by Crippen LogP contribution is -2.34. The molecule has 0 spiro atoms. The molecule has 1 saturated carbocycles. The van der Waals surface area contributed by atoms with E-state index in [1.54, 1.807) is 12.1 Å². The molecule has 2 rings (SSSR count). The van der Waals surface area contributed by atoms with Crippen molar-refractivity contribution in [3.63, 3.8) is 0 Å². The fourth-order valence-corrected chi connectivity index (χ4v) is 2.91. The predicted octanol–water partition coefficient (Wildman–Crippen LogP) is 3.93. The van der Waals surface area contributed by atoms with Crippen LogP contribution in [0.5, 0.6) is 0 Å². The Hall–Kier alpha value is -0.310. The molecule has 0 unspecified atom stereocenters. The fourth-order valence-electron chi connectivity index (χ4n) is 2.25. The van der Waals surface area contributed by atoms with Crippen molar-refractivity contribution >= 4 is 23.2 Å². The fraction of sp³-hybridized carbons (Fsp3) is 0.538. The number of hydrogen-bond donors (Lipinski definition) is 0. The molecule has 0 atom stereocenters. The molecule has 17 heavy (non-hydrogen) atoms. The van der Waals surface area contributed by atoms with Crippen molar-refractivity contribution in [1.82, 2.24) is 4.90 Å². The smallest absolute Gasteiger partial charge is 0.129 e. The van der Waals surface area contributed by atoms with Crippen molar-refractivity contribution in [2.75, 3.05) is 13.6 Å². The van der Waals surface area contributed by atoms with Gasteiger partial charge in [0.25, 0.3) is 0 Å². The van der Waals surface area contributed by atoms with Gasteiger partial charge in [-0.15, -0.1) is 11.6 Å². The molecular formula is C13H16Cl2FN. The maximum atomic E-state index is 13.6. The first kappa shape index (κ1) is 13.1. The topological polar surface area (TPSA) is 3.24 Å². The van der Waals surface area contributed by atoms with Crippen LogP contribution >= 0.6 is 23.2 Å². The van der Waals surface area contributed by atoms with Gasteiger partial charge in [0.2, 0.25) is 0 Å². The average Bonchev–Trinajstić information content (AvgIpc) is 2.20.